The summed E-state index contributed by atoms with van der Waals surface area (Å²) in [6, 6.07) is 7.98. The summed E-state index contributed by atoms with van der Waals surface area (Å²) >= 11 is 0. The number of hydrogen-bond acceptors (Lipinski definition) is 3. The molecule has 1 saturated carbocycles. The van der Waals surface area contributed by atoms with Crippen LogP contribution in [0.1, 0.15) is 35.2 Å². The van der Waals surface area contributed by atoms with Crippen LogP contribution in [0.5, 0.6) is 0 Å². The number of piperazine rings is 1. The minimum atomic E-state index is -0.206. The number of carbonyl (C=O) groups is 3. The second kappa shape index (κ2) is 6.74. The first kappa shape index (κ1) is 17.1. The molecule has 3 aliphatic rings. The van der Waals surface area contributed by atoms with Crippen molar-refractivity contribution in [2.75, 3.05) is 32.7 Å². The van der Waals surface area contributed by atoms with Crippen LogP contribution >= 0.6 is 0 Å². The van der Waals surface area contributed by atoms with E-state index in [0.29, 0.717) is 50.7 Å². The van der Waals surface area contributed by atoms with Crippen molar-refractivity contribution in [3.8, 4) is 0 Å². The molecular weight excluding hydrogens is 330 g/mol. The Kier molecular flexibility index (Phi) is 4.42. The van der Waals surface area contributed by atoms with Gasteiger partial charge in [-0.05, 0) is 31.9 Å². The lowest BCUT2D eigenvalue weighted by atomic mass is 10.1. The van der Waals surface area contributed by atoms with Gasteiger partial charge in [-0.15, -0.1) is 0 Å². The fourth-order valence-electron chi connectivity index (χ4n) is 3.98. The van der Waals surface area contributed by atoms with Crippen molar-refractivity contribution < 1.29 is 14.4 Å². The van der Waals surface area contributed by atoms with E-state index in [1.54, 1.807) is 0 Å². The van der Waals surface area contributed by atoms with Gasteiger partial charge in [0.2, 0.25) is 11.8 Å². The van der Waals surface area contributed by atoms with E-state index in [4.69, 9.17) is 0 Å². The first-order valence-electron chi connectivity index (χ1n) is 9.47. The van der Waals surface area contributed by atoms with Gasteiger partial charge in [0.25, 0.3) is 5.91 Å². The van der Waals surface area contributed by atoms with Gasteiger partial charge in [-0.2, -0.15) is 0 Å². The van der Waals surface area contributed by atoms with Gasteiger partial charge in [-0.1, -0.05) is 17.7 Å². The number of nitrogens with zero attached hydrogens (tertiary/aromatic N) is 3. The maximum atomic E-state index is 12.8. The quantitative estimate of drug-likeness (QED) is 0.821. The van der Waals surface area contributed by atoms with E-state index in [0.717, 1.165) is 18.4 Å². The molecule has 3 fully saturated rings. The molecule has 1 aromatic rings. The highest BCUT2D eigenvalue weighted by Gasteiger charge is 2.43. The number of carbonyl (C=O) groups excluding carboxylic acids is 3. The van der Waals surface area contributed by atoms with Crippen LogP contribution in [0.15, 0.2) is 24.3 Å². The Balaban J connectivity index is 1.32. The molecule has 0 spiro atoms. The second-order valence-corrected chi connectivity index (χ2v) is 7.67. The van der Waals surface area contributed by atoms with Gasteiger partial charge in [0.1, 0.15) is 0 Å². The van der Waals surface area contributed by atoms with Crippen molar-refractivity contribution in [2.24, 2.45) is 5.92 Å². The minimum Gasteiger partial charge on any atom is -0.339 e. The molecule has 2 aliphatic heterocycles. The van der Waals surface area contributed by atoms with Crippen LogP contribution in [0.3, 0.4) is 0 Å². The molecule has 2 heterocycles. The van der Waals surface area contributed by atoms with Crippen molar-refractivity contribution >= 4 is 17.7 Å². The van der Waals surface area contributed by atoms with Gasteiger partial charge in [0.05, 0.1) is 5.92 Å². The molecule has 6 nitrogen and oxygen atoms in total. The Morgan fingerprint density at radius 1 is 1.04 bits per heavy atom. The van der Waals surface area contributed by atoms with Crippen LogP contribution in [0.4, 0.5) is 0 Å². The monoisotopic (exact) mass is 355 g/mol. The van der Waals surface area contributed by atoms with E-state index in [-0.39, 0.29) is 23.6 Å². The van der Waals surface area contributed by atoms with Crippen LogP contribution in [0.2, 0.25) is 0 Å². The molecule has 2 saturated heterocycles. The topological polar surface area (TPSA) is 60.9 Å². The number of benzene rings is 1. The largest absolute Gasteiger partial charge is 0.339 e. The first-order chi connectivity index (χ1) is 12.5. The lowest BCUT2D eigenvalue weighted by molar-refractivity contribution is -0.137. The van der Waals surface area contributed by atoms with Gasteiger partial charge >= 0.3 is 0 Å². The molecule has 4 rings (SSSR count). The SMILES string of the molecule is Cc1cccc(C(=O)N2CCN(C(=O)C3CC(=O)N(C4CC4)C3)CC2)c1. The number of rotatable bonds is 3. The molecule has 0 bridgehead atoms. The van der Waals surface area contributed by atoms with E-state index in [1.165, 1.54) is 0 Å². The average Bonchev–Trinajstić information content (AvgIpc) is 3.42. The molecule has 1 atom stereocenters. The summed E-state index contributed by atoms with van der Waals surface area (Å²) < 4.78 is 0. The number of amides is 3. The zero-order valence-corrected chi connectivity index (χ0v) is 15.2. The molecule has 1 unspecified atom stereocenters. The van der Waals surface area contributed by atoms with E-state index in [1.807, 2.05) is 45.9 Å². The standard InChI is InChI=1S/C20H25N3O3/c1-14-3-2-4-15(11-14)19(25)21-7-9-22(10-8-21)20(26)16-12-18(24)23(13-16)17-5-6-17/h2-4,11,16-17H,5-10,12-13H2,1H3. The van der Waals surface area contributed by atoms with E-state index >= 15 is 0 Å². The zero-order chi connectivity index (χ0) is 18.3. The molecule has 1 aliphatic carbocycles. The Hall–Kier alpha value is -2.37. The van der Waals surface area contributed by atoms with Crippen molar-refractivity contribution in [3.63, 3.8) is 0 Å². The highest BCUT2D eigenvalue weighted by atomic mass is 16.2. The molecule has 1 aromatic carbocycles. The molecule has 0 radical (unpaired) electrons. The summed E-state index contributed by atoms with van der Waals surface area (Å²) in [4.78, 5) is 43.0. The summed E-state index contributed by atoms with van der Waals surface area (Å²) in [5, 5.41) is 0. The third-order valence-corrected chi connectivity index (χ3v) is 5.64. The number of likely N-dealkylation sites (tertiary alicyclic amines) is 1. The van der Waals surface area contributed by atoms with Gasteiger partial charge in [-0.25, -0.2) is 0 Å². The van der Waals surface area contributed by atoms with Crippen LogP contribution in [-0.2, 0) is 9.59 Å². The molecule has 0 aromatic heterocycles. The lowest BCUT2D eigenvalue weighted by Gasteiger charge is -2.36. The molecule has 3 amide bonds. The zero-order valence-electron chi connectivity index (χ0n) is 15.2. The van der Waals surface area contributed by atoms with Crippen molar-refractivity contribution in [3.05, 3.63) is 35.4 Å². The summed E-state index contributed by atoms with van der Waals surface area (Å²) in [6.45, 7) is 4.73. The maximum Gasteiger partial charge on any atom is 0.253 e. The van der Waals surface area contributed by atoms with E-state index in [9.17, 15) is 14.4 Å². The van der Waals surface area contributed by atoms with E-state index < -0.39 is 0 Å². The van der Waals surface area contributed by atoms with Crippen LogP contribution in [-0.4, -0.2) is 71.2 Å². The lowest BCUT2D eigenvalue weighted by Crippen LogP contribution is -2.52. The summed E-state index contributed by atoms with van der Waals surface area (Å²) in [5.41, 5.74) is 1.77. The summed E-state index contributed by atoms with van der Waals surface area (Å²) in [5.74, 6) is 0.0159. The Labute approximate surface area is 153 Å². The number of hydrogen-bond donors (Lipinski definition) is 0. The van der Waals surface area contributed by atoms with Gasteiger partial charge in [-0.3, -0.25) is 14.4 Å². The first-order valence-corrected chi connectivity index (χ1v) is 9.47. The smallest absolute Gasteiger partial charge is 0.253 e. The van der Waals surface area contributed by atoms with Crippen LogP contribution < -0.4 is 0 Å². The van der Waals surface area contributed by atoms with Crippen LogP contribution in [0, 0.1) is 12.8 Å². The second-order valence-electron chi connectivity index (χ2n) is 7.67. The highest BCUT2D eigenvalue weighted by Crippen LogP contribution is 2.33. The molecule has 0 N–H and O–H groups in total. The van der Waals surface area contributed by atoms with Gasteiger partial charge < -0.3 is 14.7 Å². The van der Waals surface area contributed by atoms with Crippen molar-refractivity contribution in [2.45, 2.75) is 32.2 Å². The van der Waals surface area contributed by atoms with Gasteiger partial charge in [0.15, 0.2) is 0 Å². The number of aryl methyl sites for hydroxylation is 1. The molecular formula is C20H25N3O3. The predicted octanol–water partition coefficient (Wildman–Crippen LogP) is 1.29. The summed E-state index contributed by atoms with van der Waals surface area (Å²) in [6.07, 6.45) is 2.50. The fraction of sp³-hybridized carbons (Fsp3) is 0.550. The summed E-state index contributed by atoms with van der Waals surface area (Å²) in [7, 11) is 0. The fourth-order valence-corrected chi connectivity index (χ4v) is 3.98. The molecule has 138 valence electrons. The maximum absolute atomic E-state index is 12.8. The van der Waals surface area contributed by atoms with Gasteiger partial charge in [0, 0.05) is 50.7 Å². The van der Waals surface area contributed by atoms with Crippen LogP contribution in [0.25, 0.3) is 0 Å². The Morgan fingerprint density at radius 2 is 1.73 bits per heavy atom. The Bertz CT molecular complexity index is 736. The normalized spacial score (nSPS) is 23.5. The highest BCUT2D eigenvalue weighted by molar-refractivity contribution is 5.94. The van der Waals surface area contributed by atoms with E-state index in [2.05, 4.69) is 0 Å². The molecule has 6 heteroatoms. The van der Waals surface area contributed by atoms with Crippen molar-refractivity contribution in [1.29, 1.82) is 0 Å². The average molecular weight is 355 g/mol. The predicted molar refractivity (Wildman–Crippen MR) is 96.5 cm³/mol. The third-order valence-electron chi connectivity index (χ3n) is 5.64. The van der Waals surface area contributed by atoms with Crippen molar-refractivity contribution in [1.82, 2.24) is 14.7 Å². The minimum absolute atomic E-state index is 0.0248. The molecule has 26 heavy (non-hydrogen) atoms. The Morgan fingerprint density at radius 3 is 2.38 bits per heavy atom. The third kappa shape index (κ3) is 3.32.